The van der Waals surface area contributed by atoms with Crippen molar-refractivity contribution in [1.82, 2.24) is 0 Å². The summed E-state index contributed by atoms with van der Waals surface area (Å²) >= 11 is 0. The number of nitrogens with zero attached hydrogens (tertiary/aromatic N) is 1. The highest BCUT2D eigenvalue weighted by atomic mass is 32.2. The number of methoxy groups -OCH3 is 2. The average Bonchev–Trinajstić information content (AvgIpc) is 2.66. The third kappa shape index (κ3) is 4.95. The molecule has 0 atom stereocenters. The Balaban J connectivity index is 2.33. The minimum absolute atomic E-state index is 0.316. The Morgan fingerprint density at radius 1 is 1.11 bits per heavy atom. The smallest absolute Gasteiger partial charge is 0.245 e. The number of para-hydroxylation sites is 1. The SMILES string of the molecule is CCc1cccc(C)c1NC(=O)CN(c1ccc(OC)c(OC)c1)S(C)(=O)=O. The van der Waals surface area contributed by atoms with Gasteiger partial charge in [-0.2, -0.15) is 0 Å². The van der Waals surface area contributed by atoms with Gasteiger partial charge in [-0.15, -0.1) is 0 Å². The van der Waals surface area contributed by atoms with E-state index in [1.807, 2.05) is 32.0 Å². The maximum absolute atomic E-state index is 12.7. The molecule has 1 amide bonds. The predicted molar refractivity (Wildman–Crippen MR) is 111 cm³/mol. The lowest BCUT2D eigenvalue weighted by Gasteiger charge is -2.23. The summed E-state index contributed by atoms with van der Waals surface area (Å²) in [6.45, 7) is 3.54. The summed E-state index contributed by atoms with van der Waals surface area (Å²) in [5, 5.41) is 2.85. The number of amides is 1. The molecule has 0 unspecified atom stereocenters. The Hall–Kier alpha value is -2.74. The van der Waals surface area contributed by atoms with Crippen molar-refractivity contribution in [1.29, 1.82) is 0 Å². The zero-order valence-corrected chi connectivity index (χ0v) is 17.6. The lowest BCUT2D eigenvalue weighted by molar-refractivity contribution is -0.114. The van der Waals surface area contributed by atoms with Crippen LogP contribution in [0.25, 0.3) is 0 Å². The lowest BCUT2D eigenvalue weighted by Crippen LogP contribution is -2.37. The molecule has 0 saturated heterocycles. The van der Waals surface area contributed by atoms with E-state index in [1.54, 1.807) is 12.1 Å². The van der Waals surface area contributed by atoms with Crippen LogP contribution in [0.4, 0.5) is 11.4 Å². The van der Waals surface area contributed by atoms with Crippen LogP contribution < -0.4 is 19.1 Å². The van der Waals surface area contributed by atoms with Crippen molar-refractivity contribution in [2.24, 2.45) is 0 Å². The molecule has 8 heteroatoms. The number of carbonyl (C=O) groups excluding carboxylic acids is 1. The fraction of sp³-hybridized carbons (Fsp3) is 0.350. The van der Waals surface area contributed by atoms with Crippen molar-refractivity contribution in [3.63, 3.8) is 0 Å². The van der Waals surface area contributed by atoms with Crippen molar-refractivity contribution in [2.45, 2.75) is 20.3 Å². The Bertz CT molecular complexity index is 957. The lowest BCUT2D eigenvalue weighted by atomic mass is 10.1. The first-order chi connectivity index (χ1) is 13.2. The highest BCUT2D eigenvalue weighted by molar-refractivity contribution is 7.92. The van der Waals surface area contributed by atoms with Crippen molar-refractivity contribution in [3.05, 3.63) is 47.5 Å². The van der Waals surface area contributed by atoms with Gasteiger partial charge in [0.1, 0.15) is 6.54 Å². The Morgan fingerprint density at radius 3 is 2.36 bits per heavy atom. The van der Waals surface area contributed by atoms with Gasteiger partial charge in [0.05, 0.1) is 26.2 Å². The van der Waals surface area contributed by atoms with E-state index in [4.69, 9.17) is 9.47 Å². The third-order valence-electron chi connectivity index (χ3n) is 4.35. The molecule has 0 spiro atoms. The number of carbonyl (C=O) groups is 1. The molecule has 0 radical (unpaired) electrons. The molecule has 0 heterocycles. The molecular weight excluding hydrogens is 380 g/mol. The van der Waals surface area contributed by atoms with E-state index in [1.165, 1.54) is 20.3 Å². The van der Waals surface area contributed by atoms with Gasteiger partial charge in [-0.05, 0) is 36.6 Å². The Morgan fingerprint density at radius 2 is 1.79 bits per heavy atom. The van der Waals surface area contributed by atoms with Crippen LogP contribution in [0.3, 0.4) is 0 Å². The van der Waals surface area contributed by atoms with Crippen LogP contribution in [0.2, 0.25) is 0 Å². The molecule has 152 valence electrons. The normalized spacial score (nSPS) is 11.0. The predicted octanol–water partition coefficient (Wildman–Crippen LogP) is 2.98. The van der Waals surface area contributed by atoms with Gasteiger partial charge in [-0.3, -0.25) is 9.10 Å². The number of hydrogen-bond donors (Lipinski definition) is 1. The van der Waals surface area contributed by atoms with Crippen molar-refractivity contribution >= 4 is 27.3 Å². The fourth-order valence-corrected chi connectivity index (χ4v) is 3.74. The Kier molecular flexibility index (Phi) is 6.90. The summed E-state index contributed by atoms with van der Waals surface area (Å²) in [7, 11) is -0.745. The fourth-order valence-electron chi connectivity index (χ4n) is 2.89. The highest BCUT2D eigenvalue weighted by Crippen LogP contribution is 2.32. The zero-order chi connectivity index (χ0) is 20.9. The van der Waals surface area contributed by atoms with Gasteiger partial charge in [0.2, 0.25) is 15.9 Å². The van der Waals surface area contributed by atoms with Crippen molar-refractivity contribution in [3.8, 4) is 11.5 Å². The summed E-state index contributed by atoms with van der Waals surface area (Å²) in [5.74, 6) is 0.419. The number of benzene rings is 2. The molecule has 0 saturated carbocycles. The van der Waals surface area contributed by atoms with Crippen LogP contribution in [0.5, 0.6) is 11.5 Å². The summed E-state index contributed by atoms with van der Waals surface area (Å²) in [6.07, 6.45) is 1.81. The molecule has 2 aromatic carbocycles. The number of ether oxygens (including phenoxy) is 2. The Labute approximate surface area is 166 Å². The molecule has 2 rings (SSSR count). The molecular formula is C20H26N2O5S. The standard InChI is InChI=1S/C20H26N2O5S/c1-6-15-9-7-8-14(2)20(15)21-19(23)13-22(28(5,24)25)16-10-11-17(26-3)18(12-16)27-4/h7-12H,6,13H2,1-5H3,(H,21,23). The number of rotatable bonds is 8. The minimum Gasteiger partial charge on any atom is -0.493 e. The van der Waals surface area contributed by atoms with Crippen LogP contribution in [0.15, 0.2) is 36.4 Å². The summed E-state index contributed by atoms with van der Waals surface area (Å²) in [4.78, 5) is 12.7. The average molecular weight is 407 g/mol. The van der Waals surface area contributed by atoms with Crippen molar-refractivity contribution < 1.29 is 22.7 Å². The number of sulfonamides is 1. The number of nitrogens with one attached hydrogen (secondary N) is 1. The summed E-state index contributed by atoms with van der Waals surface area (Å²) in [5.41, 5.74) is 2.95. The van der Waals surface area contributed by atoms with Crippen molar-refractivity contribution in [2.75, 3.05) is 36.6 Å². The van der Waals surface area contributed by atoms with E-state index >= 15 is 0 Å². The first-order valence-electron chi connectivity index (χ1n) is 8.79. The van der Waals surface area contributed by atoms with Gasteiger partial charge in [-0.25, -0.2) is 8.42 Å². The monoisotopic (exact) mass is 406 g/mol. The van der Waals surface area contributed by atoms with Crippen LogP contribution in [-0.4, -0.2) is 41.3 Å². The molecule has 0 aliphatic heterocycles. The van der Waals surface area contributed by atoms with Crippen LogP contribution in [-0.2, 0) is 21.2 Å². The highest BCUT2D eigenvalue weighted by Gasteiger charge is 2.23. The molecule has 0 aliphatic carbocycles. The second kappa shape index (κ2) is 8.97. The van der Waals surface area contributed by atoms with Crippen LogP contribution in [0, 0.1) is 6.92 Å². The molecule has 2 aromatic rings. The van der Waals surface area contributed by atoms with Gasteiger partial charge in [-0.1, -0.05) is 25.1 Å². The first-order valence-corrected chi connectivity index (χ1v) is 10.6. The van der Waals surface area contributed by atoms with Gasteiger partial charge < -0.3 is 14.8 Å². The first kappa shape index (κ1) is 21.6. The van der Waals surface area contributed by atoms with Crippen LogP contribution in [0.1, 0.15) is 18.1 Å². The molecule has 7 nitrogen and oxygen atoms in total. The maximum Gasteiger partial charge on any atom is 0.245 e. The second-order valence-electron chi connectivity index (χ2n) is 6.32. The van der Waals surface area contributed by atoms with E-state index in [0.717, 1.165) is 33.8 Å². The minimum atomic E-state index is -3.70. The second-order valence-corrected chi connectivity index (χ2v) is 8.23. The van der Waals surface area contributed by atoms with Gasteiger partial charge in [0.15, 0.2) is 11.5 Å². The third-order valence-corrected chi connectivity index (χ3v) is 5.49. The van der Waals surface area contributed by atoms with E-state index in [2.05, 4.69) is 5.32 Å². The van der Waals surface area contributed by atoms with Gasteiger partial charge in [0.25, 0.3) is 0 Å². The van der Waals surface area contributed by atoms with E-state index < -0.39 is 15.9 Å². The van der Waals surface area contributed by atoms with Crippen LogP contribution >= 0.6 is 0 Å². The number of hydrogen-bond acceptors (Lipinski definition) is 5. The largest absolute Gasteiger partial charge is 0.493 e. The quantitative estimate of drug-likeness (QED) is 0.728. The molecule has 0 aromatic heterocycles. The number of aryl methyl sites for hydroxylation is 2. The molecule has 0 bridgehead atoms. The van der Waals surface area contributed by atoms with E-state index in [-0.39, 0.29) is 6.54 Å². The molecule has 28 heavy (non-hydrogen) atoms. The molecule has 0 aliphatic rings. The summed E-state index contributed by atoms with van der Waals surface area (Å²) < 4.78 is 36.1. The molecule has 1 N–H and O–H groups in total. The topological polar surface area (TPSA) is 84.9 Å². The van der Waals surface area contributed by atoms with E-state index in [0.29, 0.717) is 17.2 Å². The van der Waals surface area contributed by atoms with Gasteiger partial charge >= 0.3 is 0 Å². The van der Waals surface area contributed by atoms with E-state index in [9.17, 15) is 13.2 Å². The zero-order valence-electron chi connectivity index (χ0n) is 16.8. The molecule has 0 fully saturated rings. The summed E-state index contributed by atoms with van der Waals surface area (Å²) in [6, 6.07) is 10.5. The number of anilines is 2. The maximum atomic E-state index is 12.7. The van der Waals surface area contributed by atoms with Gasteiger partial charge in [0, 0.05) is 11.8 Å².